The molecule has 1 unspecified atom stereocenters. The molecular formula is C16H21N3O3. The Hall–Kier alpha value is -2.10. The van der Waals surface area contributed by atoms with Gasteiger partial charge in [0.05, 0.1) is 24.3 Å². The van der Waals surface area contributed by atoms with Crippen molar-refractivity contribution < 1.29 is 14.3 Å². The molecule has 22 heavy (non-hydrogen) atoms. The van der Waals surface area contributed by atoms with E-state index in [1.807, 2.05) is 6.07 Å². The van der Waals surface area contributed by atoms with Gasteiger partial charge >= 0.3 is 6.03 Å². The van der Waals surface area contributed by atoms with Crippen molar-refractivity contribution in [2.75, 3.05) is 31.7 Å². The molecule has 1 aliphatic heterocycles. The van der Waals surface area contributed by atoms with Gasteiger partial charge in [-0.15, -0.1) is 0 Å². The Kier molecular flexibility index (Phi) is 6.68. The quantitative estimate of drug-likeness (QED) is 0.757. The van der Waals surface area contributed by atoms with Gasteiger partial charge in [0.2, 0.25) is 0 Å². The van der Waals surface area contributed by atoms with Crippen LogP contribution in [0.15, 0.2) is 24.3 Å². The van der Waals surface area contributed by atoms with Crippen molar-refractivity contribution in [1.82, 2.24) is 5.32 Å². The van der Waals surface area contributed by atoms with Crippen molar-refractivity contribution >= 4 is 11.7 Å². The van der Waals surface area contributed by atoms with Crippen LogP contribution in [0, 0.1) is 11.3 Å². The number of hydrogen-bond donors (Lipinski definition) is 2. The van der Waals surface area contributed by atoms with Crippen molar-refractivity contribution in [2.45, 2.75) is 25.4 Å². The average Bonchev–Trinajstić information content (AvgIpc) is 3.05. The summed E-state index contributed by atoms with van der Waals surface area (Å²) in [4.78, 5) is 11.7. The molecular weight excluding hydrogens is 282 g/mol. The van der Waals surface area contributed by atoms with Crippen LogP contribution in [0.2, 0.25) is 0 Å². The smallest absolute Gasteiger partial charge is 0.319 e. The molecule has 0 spiro atoms. The van der Waals surface area contributed by atoms with E-state index in [0.717, 1.165) is 25.9 Å². The highest BCUT2D eigenvalue weighted by molar-refractivity contribution is 5.89. The van der Waals surface area contributed by atoms with E-state index < -0.39 is 0 Å². The molecule has 0 bridgehead atoms. The van der Waals surface area contributed by atoms with Crippen LogP contribution in [0.5, 0.6) is 0 Å². The SMILES string of the molecule is N#Cc1ccc(NC(=O)NCCCOCC2CCCO2)cc1. The van der Waals surface area contributed by atoms with Crippen molar-refractivity contribution in [3.63, 3.8) is 0 Å². The van der Waals surface area contributed by atoms with Crippen LogP contribution < -0.4 is 10.6 Å². The van der Waals surface area contributed by atoms with Gasteiger partial charge in [0.15, 0.2) is 0 Å². The average molecular weight is 303 g/mol. The minimum absolute atomic E-state index is 0.243. The highest BCUT2D eigenvalue weighted by atomic mass is 16.5. The molecule has 1 aromatic carbocycles. The Bertz CT molecular complexity index is 504. The molecule has 6 heteroatoms. The summed E-state index contributed by atoms with van der Waals surface area (Å²) in [5.41, 5.74) is 1.22. The fourth-order valence-electron chi connectivity index (χ4n) is 2.17. The number of nitrogens with one attached hydrogen (secondary N) is 2. The van der Waals surface area contributed by atoms with Gasteiger partial charge in [-0.25, -0.2) is 4.79 Å². The number of anilines is 1. The molecule has 0 radical (unpaired) electrons. The third kappa shape index (κ3) is 5.72. The predicted octanol–water partition coefficient (Wildman–Crippen LogP) is 2.27. The third-order valence-corrected chi connectivity index (χ3v) is 3.35. The molecule has 1 aliphatic rings. The first-order valence-electron chi connectivity index (χ1n) is 7.52. The Morgan fingerprint density at radius 1 is 1.41 bits per heavy atom. The van der Waals surface area contributed by atoms with Crippen molar-refractivity contribution in [3.8, 4) is 6.07 Å². The highest BCUT2D eigenvalue weighted by Gasteiger charge is 2.14. The molecule has 1 aromatic rings. The summed E-state index contributed by atoms with van der Waals surface area (Å²) in [6.07, 6.45) is 3.19. The van der Waals surface area contributed by atoms with Gasteiger partial charge in [-0.3, -0.25) is 0 Å². The van der Waals surface area contributed by atoms with E-state index in [2.05, 4.69) is 10.6 Å². The van der Waals surface area contributed by atoms with Crippen molar-refractivity contribution in [2.24, 2.45) is 0 Å². The van der Waals surface area contributed by atoms with Crippen molar-refractivity contribution in [1.29, 1.82) is 5.26 Å². The van der Waals surface area contributed by atoms with Gasteiger partial charge in [0.25, 0.3) is 0 Å². The van der Waals surface area contributed by atoms with Gasteiger partial charge in [-0.2, -0.15) is 5.26 Å². The van der Waals surface area contributed by atoms with Crippen LogP contribution in [0.1, 0.15) is 24.8 Å². The summed E-state index contributed by atoms with van der Waals surface area (Å²) in [6.45, 7) is 2.63. The van der Waals surface area contributed by atoms with E-state index in [1.165, 1.54) is 0 Å². The fraction of sp³-hybridized carbons (Fsp3) is 0.500. The van der Waals surface area contributed by atoms with Crippen LogP contribution in [0.4, 0.5) is 10.5 Å². The topological polar surface area (TPSA) is 83.4 Å². The zero-order valence-corrected chi connectivity index (χ0v) is 12.5. The van der Waals surface area contributed by atoms with Crippen LogP contribution in [-0.2, 0) is 9.47 Å². The number of nitrogens with zero attached hydrogens (tertiary/aromatic N) is 1. The van der Waals surface area contributed by atoms with E-state index in [0.29, 0.717) is 31.0 Å². The molecule has 0 aliphatic carbocycles. The summed E-state index contributed by atoms with van der Waals surface area (Å²) in [5.74, 6) is 0. The Morgan fingerprint density at radius 3 is 2.91 bits per heavy atom. The lowest BCUT2D eigenvalue weighted by Crippen LogP contribution is -2.30. The summed E-state index contributed by atoms with van der Waals surface area (Å²) in [5, 5.41) is 14.2. The van der Waals surface area contributed by atoms with Crippen LogP contribution in [0.3, 0.4) is 0 Å². The summed E-state index contributed by atoms with van der Waals surface area (Å²) >= 11 is 0. The zero-order chi connectivity index (χ0) is 15.6. The Balaban J connectivity index is 1.52. The first kappa shape index (κ1) is 16.3. The number of carbonyl (C=O) groups excluding carboxylic acids is 1. The first-order chi connectivity index (χ1) is 10.8. The van der Waals surface area contributed by atoms with Gasteiger partial charge < -0.3 is 20.1 Å². The number of urea groups is 1. The van der Waals surface area contributed by atoms with Crippen LogP contribution >= 0.6 is 0 Å². The van der Waals surface area contributed by atoms with E-state index in [4.69, 9.17) is 14.7 Å². The maximum absolute atomic E-state index is 11.7. The molecule has 6 nitrogen and oxygen atoms in total. The maximum atomic E-state index is 11.7. The van der Waals surface area contributed by atoms with E-state index in [-0.39, 0.29) is 12.1 Å². The van der Waals surface area contributed by atoms with Gasteiger partial charge in [-0.1, -0.05) is 0 Å². The second kappa shape index (κ2) is 9.03. The number of ether oxygens (including phenoxy) is 2. The lowest BCUT2D eigenvalue weighted by Gasteiger charge is -2.10. The number of carbonyl (C=O) groups is 1. The minimum Gasteiger partial charge on any atom is -0.379 e. The van der Waals surface area contributed by atoms with Gasteiger partial charge in [0.1, 0.15) is 0 Å². The first-order valence-corrected chi connectivity index (χ1v) is 7.52. The standard InChI is InChI=1S/C16H21N3O3/c17-11-13-4-6-14(7-5-13)19-16(20)18-8-2-9-21-12-15-3-1-10-22-15/h4-7,15H,1-3,8-10,12H2,(H2,18,19,20). The lowest BCUT2D eigenvalue weighted by atomic mass is 10.2. The summed E-state index contributed by atoms with van der Waals surface area (Å²) in [7, 11) is 0. The van der Waals surface area contributed by atoms with E-state index in [9.17, 15) is 4.79 Å². The van der Waals surface area contributed by atoms with Crippen molar-refractivity contribution in [3.05, 3.63) is 29.8 Å². The molecule has 0 saturated carbocycles. The van der Waals surface area contributed by atoms with Crippen LogP contribution in [0.25, 0.3) is 0 Å². The molecule has 2 amide bonds. The molecule has 2 N–H and O–H groups in total. The fourth-order valence-corrected chi connectivity index (χ4v) is 2.17. The molecule has 0 aromatic heterocycles. The number of amides is 2. The van der Waals surface area contributed by atoms with E-state index in [1.54, 1.807) is 24.3 Å². The van der Waals surface area contributed by atoms with Gasteiger partial charge in [0, 0.05) is 25.4 Å². The minimum atomic E-state index is -0.260. The molecule has 1 fully saturated rings. The largest absolute Gasteiger partial charge is 0.379 e. The Labute approximate surface area is 130 Å². The monoisotopic (exact) mass is 303 g/mol. The number of rotatable bonds is 7. The highest BCUT2D eigenvalue weighted by Crippen LogP contribution is 2.11. The van der Waals surface area contributed by atoms with Gasteiger partial charge in [-0.05, 0) is 43.5 Å². The molecule has 118 valence electrons. The second-order valence-electron chi connectivity index (χ2n) is 5.13. The van der Waals surface area contributed by atoms with Crippen LogP contribution in [-0.4, -0.2) is 38.5 Å². The second-order valence-corrected chi connectivity index (χ2v) is 5.13. The molecule has 1 heterocycles. The lowest BCUT2D eigenvalue weighted by molar-refractivity contribution is 0.0168. The Morgan fingerprint density at radius 2 is 2.23 bits per heavy atom. The summed E-state index contributed by atoms with van der Waals surface area (Å²) < 4.78 is 11.0. The third-order valence-electron chi connectivity index (χ3n) is 3.35. The number of nitriles is 1. The summed E-state index contributed by atoms with van der Waals surface area (Å²) in [6, 6.07) is 8.49. The maximum Gasteiger partial charge on any atom is 0.319 e. The molecule has 1 atom stereocenters. The molecule has 2 rings (SSSR count). The normalized spacial score (nSPS) is 17.0. The predicted molar refractivity (Wildman–Crippen MR) is 82.6 cm³/mol. The number of hydrogen-bond acceptors (Lipinski definition) is 4. The molecule has 1 saturated heterocycles. The zero-order valence-electron chi connectivity index (χ0n) is 12.5. The number of benzene rings is 1. The van der Waals surface area contributed by atoms with E-state index >= 15 is 0 Å².